The molecule has 1 aromatic carbocycles. The molecule has 1 amide bonds. The highest BCUT2D eigenvalue weighted by molar-refractivity contribution is 7.99. The number of benzene rings is 1. The van der Waals surface area contributed by atoms with Gasteiger partial charge in [0.1, 0.15) is 0 Å². The molecular formula is C13H17N5OS. The van der Waals surface area contributed by atoms with Crippen LogP contribution in [0, 0.1) is 0 Å². The van der Waals surface area contributed by atoms with E-state index in [0.717, 1.165) is 0 Å². The lowest BCUT2D eigenvalue weighted by molar-refractivity contribution is -0.118. The Kier molecular flexibility index (Phi) is 5.11. The molecule has 1 aromatic heterocycles. The first kappa shape index (κ1) is 14.5. The number of nitrogens with zero attached hydrogens (tertiary/aromatic N) is 4. The van der Waals surface area contributed by atoms with Crippen molar-refractivity contribution in [3.8, 4) is 0 Å². The van der Waals surface area contributed by atoms with Crippen molar-refractivity contribution in [2.45, 2.75) is 18.0 Å². The van der Waals surface area contributed by atoms with Crippen LogP contribution in [0.4, 0.5) is 0 Å². The summed E-state index contributed by atoms with van der Waals surface area (Å²) < 4.78 is 1.55. The van der Waals surface area contributed by atoms with Crippen LogP contribution in [0.25, 0.3) is 0 Å². The van der Waals surface area contributed by atoms with E-state index in [4.69, 9.17) is 0 Å². The number of hydrogen-bond donors (Lipinski definition) is 1. The first-order valence-electron chi connectivity index (χ1n) is 6.33. The van der Waals surface area contributed by atoms with Crippen LogP contribution in [0.15, 0.2) is 35.5 Å². The second kappa shape index (κ2) is 7.04. The minimum absolute atomic E-state index is 0.0132. The predicted octanol–water partition coefficient (Wildman–Crippen LogP) is 1.22. The second-order valence-corrected chi connectivity index (χ2v) is 5.43. The summed E-state index contributed by atoms with van der Waals surface area (Å²) in [5.41, 5.74) is 1.22. The van der Waals surface area contributed by atoms with Crippen molar-refractivity contribution in [1.29, 1.82) is 0 Å². The Hall–Kier alpha value is -1.89. The molecule has 2 aromatic rings. The van der Waals surface area contributed by atoms with E-state index in [-0.39, 0.29) is 5.91 Å². The summed E-state index contributed by atoms with van der Waals surface area (Å²) in [7, 11) is 1.75. The van der Waals surface area contributed by atoms with E-state index in [0.29, 0.717) is 23.4 Å². The number of amides is 1. The molecule has 0 aliphatic heterocycles. The molecule has 1 N–H and O–H groups in total. The van der Waals surface area contributed by atoms with Gasteiger partial charge in [-0.3, -0.25) is 4.79 Å². The zero-order chi connectivity index (χ0) is 14.4. The standard InChI is InChI=1S/C13H17N5OS/c1-10(11-6-4-3-5-7-11)8-14-12(19)9-20-13-15-16-17-18(13)2/h3-7,10H,8-9H2,1-2H3,(H,14,19)/t10-/m0/s1. The van der Waals surface area contributed by atoms with Crippen molar-refractivity contribution >= 4 is 17.7 Å². The van der Waals surface area contributed by atoms with Gasteiger partial charge in [0, 0.05) is 13.6 Å². The summed E-state index contributed by atoms with van der Waals surface area (Å²) in [6.07, 6.45) is 0. The van der Waals surface area contributed by atoms with Crippen LogP contribution in [0.2, 0.25) is 0 Å². The average Bonchev–Trinajstić information content (AvgIpc) is 2.89. The summed E-state index contributed by atoms with van der Waals surface area (Å²) in [5, 5.41) is 14.6. The molecule has 0 aliphatic carbocycles. The normalized spacial score (nSPS) is 12.1. The highest BCUT2D eigenvalue weighted by Crippen LogP contribution is 2.14. The first-order chi connectivity index (χ1) is 9.66. The first-order valence-corrected chi connectivity index (χ1v) is 7.32. The van der Waals surface area contributed by atoms with Gasteiger partial charge in [-0.15, -0.1) is 5.10 Å². The SMILES string of the molecule is C[C@@H](CNC(=O)CSc1nnnn1C)c1ccccc1. The Balaban J connectivity index is 1.74. The molecular weight excluding hydrogens is 274 g/mol. The van der Waals surface area contributed by atoms with E-state index in [2.05, 4.69) is 39.9 Å². The maximum atomic E-state index is 11.8. The molecule has 1 heterocycles. The third-order valence-corrected chi connectivity index (χ3v) is 3.90. The van der Waals surface area contributed by atoms with Gasteiger partial charge in [-0.2, -0.15) is 0 Å². The number of rotatable bonds is 6. The predicted molar refractivity (Wildman–Crippen MR) is 77.4 cm³/mol. The van der Waals surface area contributed by atoms with Gasteiger partial charge in [-0.25, -0.2) is 4.68 Å². The number of nitrogens with one attached hydrogen (secondary N) is 1. The maximum absolute atomic E-state index is 11.8. The number of aromatic nitrogens is 4. The molecule has 0 saturated heterocycles. The molecule has 7 heteroatoms. The lowest BCUT2D eigenvalue weighted by Crippen LogP contribution is -2.29. The Morgan fingerprint density at radius 1 is 1.40 bits per heavy atom. The van der Waals surface area contributed by atoms with E-state index in [1.54, 1.807) is 11.7 Å². The van der Waals surface area contributed by atoms with Crippen molar-refractivity contribution in [2.24, 2.45) is 7.05 Å². The number of tetrazole rings is 1. The summed E-state index contributed by atoms with van der Waals surface area (Å²) in [5.74, 6) is 0.595. The monoisotopic (exact) mass is 291 g/mol. The lowest BCUT2D eigenvalue weighted by atomic mass is 10.0. The number of hydrogen-bond acceptors (Lipinski definition) is 5. The summed E-state index contributed by atoms with van der Waals surface area (Å²) >= 11 is 1.32. The van der Waals surface area contributed by atoms with Gasteiger partial charge in [0.05, 0.1) is 5.75 Å². The van der Waals surface area contributed by atoms with E-state index in [9.17, 15) is 4.79 Å². The fraction of sp³-hybridized carbons (Fsp3) is 0.385. The molecule has 0 bridgehead atoms. The van der Waals surface area contributed by atoms with Crippen molar-refractivity contribution in [1.82, 2.24) is 25.5 Å². The fourth-order valence-electron chi connectivity index (χ4n) is 1.69. The third kappa shape index (κ3) is 4.06. The third-order valence-electron chi connectivity index (χ3n) is 2.89. The van der Waals surface area contributed by atoms with Crippen molar-refractivity contribution < 1.29 is 4.79 Å². The molecule has 0 aliphatic rings. The summed E-state index contributed by atoms with van der Waals surface area (Å²) in [4.78, 5) is 11.8. The van der Waals surface area contributed by atoms with Gasteiger partial charge in [0.15, 0.2) is 0 Å². The van der Waals surface area contributed by atoms with E-state index < -0.39 is 0 Å². The molecule has 2 rings (SSSR count). The quantitative estimate of drug-likeness (QED) is 0.810. The van der Waals surface area contributed by atoms with Crippen LogP contribution >= 0.6 is 11.8 Å². The number of aryl methyl sites for hydroxylation is 1. The van der Waals surface area contributed by atoms with Crippen molar-refractivity contribution in [3.63, 3.8) is 0 Å². The van der Waals surface area contributed by atoms with E-state index >= 15 is 0 Å². The van der Waals surface area contributed by atoms with Crippen molar-refractivity contribution in [2.75, 3.05) is 12.3 Å². The van der Waals surface area contributed by atoms with Crippen LogP contribution in [0.5, 0.6) is 0 Å². The van der Waals surface area contributed by atoms with E-state index in [1.807, 2.05) is 18.2 Å². The largest absolute Gasteiger partial charge is 0.355 e. The molecule has 0 unspecified atom stereocenters. The lowest BCUT2D eigenvalue weighted by Gasteiger charge is -2.12. The highest BCUT2D eigenvalue weighted by Gasteiger charge is 2.10. The van der Waals surface area contributed by atoms with Gasteiger partial charge >= 0.3 is 0 Å². The van der Waals surface area contributed by atoms with Gasteiger partial charge in [0.25, 0.3) is 0 Å². The molecule has 106 valence electrons. The summed E-state index contributed by atoms with van der Waals surface area (Å²) in [6, 6.07) is 10.1. The Bertz CT molecular complexity index is 557. The average molecular weight is 291 g/mol. The summed E-state index contributed by atoms with van der Waals surface area (Å²) in [6.45, 7) is 2.72. The Labute approximate surface area is 121 Å². The fourth-order valence-corrected chi connectivity index (χ4v) is 2.37. The molecule has 0 spiro atoms. The van der Waals surface area contributed by atoms with Gasteiger partial charge in [0.2, 0.25) is 11.1 Å². The van der Waals surface area contributed by atoms with Crippen LogP contribution in [-0.2, 0) is 11.8 Å². The number of thioether (sulfide) groups is 1. The van der Waals surface area contributed by atoms with E-state index in [1.165, 1.54) is 17.3 Å². The van der Waals surface area contributed by atoms with Crippen LogP contribution in [-0.4, -0.2) is 38.4 Å². The Morgan fingerprint density at radius 3 is 2.80 bits per heavy atom. The zero-order valence-electron chi connectivity index (χ0n) is 11.5. The zero-order valence-corrected chi connectivity index (χ0v) is 12.3. The topological polar surface area (TPSA) is 72.7 Å². The molecule has 6 nitrogen and oxygen atoms in total. The smallest absolute Gasteiger partial charge is 0.230 e. The van der Waals surface area contributed by atoms with Crippen molar-refractivity contribution in [3.05, 3.63) is 35.9 Å². The number of carbonyl (C=O) groups excluding carboxylic acids is 1. The van der Waals surface area contributed by atoms with Crippen LogP contribution in [0.3, 0.4) is 0 Å². The van der Waals surface area contributed by atoms with Crippen LogP contribution < -0.4 is 5.32 Å². The van der Waals surface area contributed by atoms with Gasteiger partial charge in [-0.1, -0.05) is 49.0 Å². The molecule has 0 radical (unpaired) electrons. The highest BCUT2D eigenvalue weighted by atomic mass is 32.2. The Morgan fingerprint density at radius 2 is 2.15 bits per heavy atom. The maximum Gasteiger partial charge on any atom is 0.230 e. The molecule has 0 fully saturated rings. The van der Waals surface area contributed by atoms with Gasteiger partial charge in [-0.05, 0) is 21.9 Å². The molecule has 0 saturated carbocycles. The van der Waals surface area contributed by atoms with Gasteiger partial charge < -0.3 is 5.32 Å². The number of carbonyl (C=O) groups is 1. The molecule has 1 atom stereocenters. The minimum atomic E-state index is -0.0132. The van der Waals surface area contributed by atoms with Crippen LogP contribution in [0.1, 0.15) is 18.4 Å². The molecule has 20 heavy (non-hydrogen) atoms. The minimum Gasteiger partial charge on any atom is -0.355 e. The second-order valence-electron chi connectivity index (χ2n) is 4.49.